The molecule has 1 heterocycles. The molecule has 2 aromatic rings. The fourth-order valence-electron chi connectivity index (χ4n) is 1.44. The Kier molecular flexibility index (Phi) is 4.27. The van der Waals surface area contributed by atoms with E-state index in [1.807, 2.05) is 11.4 Å². The molecule has 0 fully saturated rings. The van der Waals surface area contributed by atoms with Crippen LogP contribution in [0.5, 0.6) is 0 Å². The highest BCUT2D eigenvalue weighted by Gasteiger charge is 2.12. The molecule has 3 N–H and O–H groups in total. The maximum Gasteiger partial charge on any atom is 0.253 e. The lowest BCUT2D eigenvalue weighted by Gasteiger charge is -2.08. The minimum absolute atomic E-state index is 0.227. The molecule has 0 saturated heterocycles. The summed E-state index contributed by atoms with van der Waals surface area (Å²) in [7, 11) is 0. The number of hydrogen-bond donors (Lipinski definition) is 2. The van der Waals surface area contributed by atoms with Gasteiger partial charge in [-0.3, -0.25) is 4.79 Å². The van der Waals surface area contributed by atoms with Crippen molar-refractivity contribution in [3.8, 4) is 0 Å². The van der Waals surface area contributed by atoms with Gasteiger partial charge < -0.3 is 11.1 Å². The smallest absolute Gasteiger partial charge is 0.253 e. The molecule has 18 heavy (non-hydrogen) atoms. The Balaban J connectivity index is 2.09. The Morgan fingerprint density at radius 2 is 2.22 bits per heavy atom. The highest BCUT2D eigenvalue weighted by Crippen LogP contribution is 2.24. The first-order valence-electron chi connectivity index (χ1n) is 5.13. The summed E-state index contributed by atoms with van der Waals surface area (Å²) in [5, 5.41) is 5.16. The number of benzene rings is 1. The van der Waals surface area contributed by atoms with Gasteiger partial charge >= 0.3 is 0 Å². The van der Waals surface area contributed by atoms with Crippen LogP contribution in [0.1, 0.15) is 15.2 Å². The number of thiophene rings is 1. The molecule has 0 bridgehead atoms. The highest BCUT2D eigenvalue weighted by atomic mass is 79.9. The molecule has 2 rings (SSSR count). The molecule has 0 aliphatic rings. The number of nitrogens with one attached hydrogen (secondary N) is 1. The van der Waals surface area contributed by atoms with Crippen LogP contribution in [0.4, 0.5) is 5.69 Å². The maximum atomic E-state index is 12.0. The van der Waals surface area contributed by atoms with Crippen molar-refractivity contribution in [3.05, 3.63) is 49.6 Å². The molecule has 0 radical (unpaired) electrons. The summed E-state index contributed by atoms with van der Waals surface area (Å²) in [5.74, 6) is -0.227. The molecule has 0 saturated carbocycles. The zero-order valence-electron chi connectivity index (χ0n) is 9.24. The molecule has 0 aliphatic heterocycles. The summed E-state index contributed by atoms with van der Waals surface area (Å²) in [4.78, 5) is 13.0. The summed E-state index contributed by atoms with van der Waals surface area (Å²) in [5.41, 5.74) is 6.47. The van der Waals surface area contributed by atoms with Crippen LogP contribution >= 0.6 is 38.9 Å². The van der Waals surface area contributed by atoms with Gasteiger partial charge in [-0.1, -0.05) is 17.7 Å². The van der Waals surface area contributed by atoms with E-state index in [0.29, 0.717) is 22.8 Å². The average Bonchev–Trinajstić information content (AvgIpc) is 2.75. The zero-order valence-corrected chi connectivity index (χ0v) is 12.4. The number of nitrogen functional groups attached to an aromatic ring is 1. The van der Waals surface area contributed by atoms with Crippen molar-refractivity contribution in [1.82, 2.24) is 5.32 Å². The van der Waals surface area contributed by atoms with Gasteiger partial charge in [0.1, 0.15) is 0 Å². The Bertz CT molecular complexity index is 585. The normalized spacial score (nSPS) is 10.3. The summed E-state index contributed by atoms with van der Waals surface area (Å²) in [6.07, 6.45) is 0. The lowest BCUT2D eigenvalue weighted by atomic mass is 10.1. The van der Waals surface area contributed by atoms with E-state index >= 15 is 0 Å². The van der Waals surface area contributed by atoms with Crippen molar-refractivity contribution in [3.63, 3.8) is 0 Å². The third kappa shape index (κ3) is 2.85. The Morgan fingerprint density at radius 1 is 1.44 bits per heavy atom. The molecule has 0 spiro atoms. The van der Waals surface area contributed by atoms with Gasteiger partial charge in [-0.15, -0.1) is 11.3 Å². The SMILES string of the molecule is Nc1c(Cl)cccc1C(=O)NCc1sccc1Br. The molecule has 1 aromatic carbocycles. The van der Waals surface area contributed by atoms with Gasteiger partial charge in [0.05, 0.1) is 22.8 Å². The minimum Gasteiger partial charge on any atom is -0.397 e. The number of anilines is 1. The van der Waals surface area contributed by atoms with Gasteiger partial charge in [-0.2, -0.15) is 0 Å². The number of carbonyl (C=O) groups excluding carboxylic acids is 1. The Hall–Kier alpha value is -1.04. The fraction of sp³-hybridized carbons (Fsp3) is 0.0833. The van der Waals surface area contributed by atoms with Crippen molar-refractivity contribution >= 4 is 50.5 Å². The second-order valence-electron chi connectivity index (χ2n) is 3.58. The zero-order chi connectivity index (χ0) is 13.1. The van der Waals surface area contributed by atoms with Gasteiger partial charge in [0.2, 0.25) is 0 Å². The lowest BCUT2D eigenvalue weighted by molar-refractivity contribution is 0.0952. The van der Waals surface area contributed by atoms with Crippen LogP contribution in [-0.2, 0) is 6.54 Å². The molecule has 94 valence electrons. The predicted molar refractivity (Wildman–Crippen MR) is 79.1 cm³/mol. The number of hydrogen-bond acceptors (Lipinski definition) is 3. The van der Waals surface area contributed by atoms with Crippen molar-refractivity contribution in [2.45, 2.75) is 6.54 Å². The molecule has 1 amide bonds. The summed E-state index contributed by atoms with van der Waals surface area (Å²) in [6.45, 7) is 0.461. The van der Waals surface area contributed by atoms with E-state index in [1.165, 1.54) is 0 Å². The molecular formula is C12H10BrClN2OS. The number of halogens is 2. The largest absolute Gasteiger partial charge is 0.397 e. The van der Waals surface area contributed by atoms with Gasteiger partial charge in [-0.25, -0.2) is 0 Å². The molecule has 0 unspecified atom stereocenters. The van der Waals surface area contributed by atoms with Crippen LogP contribution in [0.25, 0.3) is 0 Å². The van der Waals surface area contributed by atoms with E-state index in [0.717, 1.165) is 9.35 Å². The van der Waals surface area contributed by atoms with E-state index in [4.69, 9.17) is 17.3 Å². The standard InChI is InChI=1S/C12H10BrClN2OS/c13-8-4-5-18-10(8)6-16-12(17)7-2-1-3-9(14)11(7)15/h1-5H,6,15H2,(H,16,17). The third-order valence-electron chi connectivity index (χ3n) is 2.40. The van der Waals surface area contributed by atoms with E-state index in [1.54, 1.807) is 29.5 Å². The summed E-state index contributed by atoms with van der Waals surface area (Å²) < 4.78 is 0.992. The van der Waals surface area contributed by atoms with Gasteiger partial charge in [0.15, 0.2) is 0 Å². The number of nitrogens with two attached hydrogens (primary N) is 1. The first-order chi connectivity index (χ1) is 8.59. The molecule has 1 aromatic heterocycles. The Morgan fingerprint density at radius 3 is 2.89 bits per heavy atom. The van der Waals surface area contributed by atoms with E-state index in [-0.39, 0.29) is 5.91 Å². The van der Waals surface area contributed by atoms with Crippen molar-refractivity contribution in [2.24, 2.45) is 0 Å². The first kappa shape index (κ1) is 13.4. The van der Waals surface area contributed by atoms with Crippen LogP contribution in [0.3, 0.4) is 0 Å². The monoisotopic (exact) mass is 344 g/mol. The average molecular weight is 346 g/mol. The summed E-state index contributed by atoms with van der Waals surface area (Å²) in [6, 6.07) is 6.96. The molecular weight excluding hydrogens is 336 g/mol. The van der Waals surface area contributed by atoms with Crippen LogP contribution in [0, 0.1) is 0 Å². The molecule has 3 nitrogen and oxygen atoms in total. The maximum absolute atomic E-state index is 12.0. The molecule has 0 atom stereocenters. The van der Waals surface area contributed by atoms with Crippen molar-refractivity contribution < 1.29 is 4.79 Å². The van der Waals surface area contributed by atoms with Gasteiger partial charge in [0.25, 0.3) is 5.91 Å². The number of carbonyl (C=O) groups is 1. The van der Waals surface area contributed by atoms with Gasteiger partial charge in [0, 0.05) is 9.35 Å². The van der Waals surface area contributed by atoms with Crippen LogP contribution < -0.4 is 11.1 Å². The van der Waals surface area contributed by atoms with E-state index in [9.17, 15) is 4.79 Å². The van der Waals surface area contributed by atoms with Crippen LogP contribution in [-0.4, -0.2) is 5.91 Å². The summed E-state index contributed by atoms with van der Waals surface area (Å²) >= 11 is 10.9. The van der Waals surface area contributed by atoms with Crippen molar-refractivity contribution in [1.29, 1.82) is 0 Å². The second-order valence-corrected chi connectivity index (χ2v) is 5.84. The Labute approximate surface area is 122 Å². The number of para-hydroxylation sites is 1. The minimum atomic E-state index is -0.227. The third-order valence-corrected chi connectivity index (χ3v) is 4.65. The van der Waals surface area contributed by atoms with Crippen molar-refractivity contribution in [2.75, 3.05) is 5.73 Å². The van der Waals surface area contributed by atoms with Crippen LogP contribution in [0.2, 0.25) is 5.02 Å². The topological polar surface area (TPSA) is 55.1 Å². The van der Waals surface area contributed by atoms with E-state index in [2.05, 4.69) is 21.2 Å². The first-order valence-corrected chi connectivity index (χ1v) is 7.18. The van der Waals surface area contributed by atoms with Crippen LogP contribution in [0.15, 0.2) is 34.1 Å². The molecule has 6 heteroatoms. The molecule has 0 aliphatic carbocycles. The highest BCUT2D eigenvalue weighted by molar-refractivity contribution is 9.10. The van der Waals surface area contributed by atoms with Gasteiger partial charge in [-0.05, 0) is 39.5 Å². The lowest BCUT2D eigenvalue weighted by Crippen LogP contribution is -2.23. The fourth-order valence-corrected chi connectivity index (χ4v) is 3.05. The predicted octanol–water partition coefficient (Wildman–Crippen LogP) is 3.68. The quantitative estimate of drug-likeness (QED) is 0.834. The number of rotatable bonds is 3. The van der Waals surface area contributed by atoms with E-state index < -0.39 is 0 Å². The number of amides is 1. The second kappa shape index (κ2) is 5.73.